The first kappa shape index (κ1) is 34.8. The van der Waals surface area contributed by atoms with Crippen LogP contribution in [0.25, 0.3) is 0 Å². The second kappa shape index (κ2) is 12.8. The number of hydrogen-bond acceptors (Lipinski definition) is 12. The number of carbonyl (C=O) groups excluding carboxylic acids is 4. The zero-order valence-electron chi connectivity index (χ0n) is 26.0. The second-order valence-electron chi connectivity index (χ2n) is 13.3. The summed E-state index contributed by atoms with van der Waals surface area (Å²) < 4.78 is 22.2. The van der Waals surface area contributed by atoms with Crippen LogP contribution >= 0.6 is 0 Å². The maximum atomic E-state index is 17.2. The summed E-state index contributed by atoms with van der Waals surface area (Å²) in [5.74, 6) is -3.40. The van der Waals surface area contributed by atoms with Crippen molar-refractivity contribution in [3.63, 3.8) is 0 Å². The number of alkyl carbamates (subject to hydrolysis) is 1. The fourth-order valence-electron chi connectivity index (χ4n) is 8.32. The Labute approximate surface area is 269 Å². The average molecular weight is 662 g/mol. The van der Waals surface area contributed by atoms with E-state index in [1.807, 2.05) is 0 Å². The highest BCUT2D eigenvalue weighted by molar-refractivity contribution is 6.01. The number of ketones is 2. The minimum absolute atomic E-state index is 0.0922. The second-order valence-corrected chi connectivity index (χ2v) is 13.3. The molecule has 1 aromatic carbocycles. The average Bonchev–Trinajstić information content (AvgIpc) is 3.23. The van der Waals surface area contributed by atoms with Gasteiger partial charge in [-0.3, -0.25) is 24.8 Å². The maximum Gasteiger partial charge on any atom is 0.408 e. The van der Waals surface area contributed by atoms with E-state index in [0.29, 0.717) is 23.1 Å². The fourth-order valence-corrected chi connectivity index (χ4v) is 8.32. The Hall–Kier alpha value is -3.57. The largest absolute Gasteiger partial charge is 0.441 e. The predicted octanol–water partition coefficient (Wildman–Crippen LogP) is 1.18. The lowest BCUT2D eigenvalue weighted by Gasteiger charge is -2.62. The highest BCUT2D eigenvalue weighted by Crippen LogP contribution is 2.69. The first-order chi connectivity index (χ1) is 22.1. The number of ether oxygens (including phenoxy) is 1. The number of hydrogen-bond donors (Lipinski definition) is 7. The summed E-state index contributed by atoms with van der Waals surface area (Å²) >= 11 is 0. The highest BCUT2D eigenvalue weighted by atomic mass is 19.1. The molecule has 47 heavy (non-hydrogen) atoms. The Bertz CT molecular complexity index is 1480. The number of allylic oxidation sites excluding steroid dienone is 4. The van der Waals surface area contributed by atoms with Gasteiger partial charge in [0.2, 0.25) is 11.7 Å². The number of amides is 2. The van der Waals surface area contributed by atoms with Gasteiger partial charge >= 0.3 is 6.09 Å². The Kier molecular flexibility index (Phi) is 9.47. The van der Waals surface area contributed by atoms with Crippen LogP contribution in [0.1, 0.15) is 50.7 Å². The lowest BCUT2D eigenvalue weighted by atomic mass is 9.44. The number of fused-ring (bicyclic) bond motifs is 5. The van der Waals surface area contributed by atoms with E-state index >= 15 is 4.39 Å². The molecule has 15 heteroatoms. The Morgan fingerprint density at radius 3 is 2.40 bits per heavy atom. The van der Waals surface area contributed by atoms with Crippen molar-refractivity contribution < 1.29 is 58.9 Å². The summed E-state index contributed by atoms with van der Waals surface area (Å²) in [7, 11) is 0. The minimum atomic E-state index is -2.45. The van der Waals surface area contributed by atoms with E-state index in [9.17, 15) is 34.5 Å². The number of Topliss-reactive ketones (excluding diaryl/α,β-unsaturated/α-hetero) is 1. The van der Waals surface area contributed by atoms with E-state index in [4.69, 9.17) is 15.2 Å². The molecule has 3 saturated carbocycles. The van der Waals surface area contributed by atoms with Crippen molar-refractivity contribution >= 4 is 23.6 Å². The van der Waals surface area contributed by atoms with E-state index in [1.54, 1.807) is 31.2 Å². The van der Waals surface area contributed by atoms with Crippen LogP contribution in [-0.4, -0.2) is 91.3 Å². The molecule has 4 aliphatic rings. The summed E-state index contributed by atoms with van der Waals surface area (Å²) in [6.07, 6.45) is -0.0803. The van der Waals surface area contributed by atoms with Gasteiger partial charge in [-0.2, -0.15) is 0 Å². The van der Waals surface area contributed by atoms with Crippen molar-refractivity contribution in [2.24, 2.45) is 22.7 Å². The Morgan fingerprint density at radius 2 is 1.72 bits per heavy atom. The van der Waals surface area contributed by atoms with Crippen LogP contribution in [0.5, 0.6) is 0 Å². The molecule has 0 aliphatic heterocycles. The summed E-state index contributed by atoms with van der Waals surface area (Å²) in [5.41, 5.74) is -5.50. The molecule has 256 valence electrons. The lowest BCUT2D eigenvalue weighted by molar-refractivity contribution is -0.497. The third kappa shape index (κ3) is 5.90. The Balaban J connectivity index is 1.16. The van der Waals surface area contributed by atoms with Gasteiger partial charge in [-0.1, -0.05) is 42.8 Å². The molecule has 4 aliphatic carbocycles. The van der Waals surface area contributed by atoms with E-state index in [-0.39, 0.29) is 38.2 Å². The zero-order valence-corrected chi connectivity index (χ0v) is 26.0. The maximum absolute atomic E-state index is 17.2. The van der Waals surface area contributed by atoms with Gasteiger partial charge in [0.05, 0.1) is 24.2 Å². The molecule has 7 N–H and O–H groups in total. The molecule has 0 aromatic heterocycles. The molecule has 0 saturated heterocycles. The van der Waals surface area contributed by atoms with Gasteiger partial charge in [0, 0.05) is 23.3 Å². The highest BCUT2D eigenvalue weighted by Gasteiger charge is 2.76. The lowest BCUT2D eigenvalue weighted by Crippen LogP contribution is -2.69. The van der Waals surface area contributed by atoms with Gasteiger partial charge in [0.25, 0.3) is 0 Å². The van der Waals surface area contributed by atoms with Crippen LogP contribution in [0.2, 0.25) is 0 Å². The number of benzene rings is 1. The normalized spacial score (nSPS) is 35.8. The third-order valence-electron chi connectivity index (χ3n) is 10.9. The van der Waals surface area contributed by atoms with Crippen molar-refractivity contribution in [2.75, 3.05) is 13.2 Å². The van der Waals surface area contributed by atoms with Crippen LogP contribution in [0.15, 0.2) is 48.1 Å². The number of halogens is 1. The quantitative estimate of drug-likeness (QED) is 0.176. The molecule has 5 rings (SSSR count). The first-order valence-corrected chi connectivity index (χ1v) is 15.4. The van der Waals surface area contributed by atoms with Gasteiger partial charge in [0.15, 0.2) is 23.7 Å². The molecule has 0 spiro atoms. The minimum Gasteiger partial charge on any atom is -0.441 e. The number of carbonyl (C=O) groups is 4. The SMILES string of the molecule is C[C@]12C=CC(=O)C=C1CC[C@H]1[C@@H]3C[C@@H](O)[C@](O)(C(=O)COC(=O)NCC(=O)NCc4ccc(CON(O)O)cc4)[C@@]3(C)C[C@H](O)[C@@]12F. The van der Waals surface area contributed by atoms with E-state index in [0.717, 1.165) is 0 Å². The number of nitrogens with one attached hydrogen (secondary N) is 2. The summed E-state index contributed by atoms with van der Waals surface area (Å²) in [4.78, 5) is 54.5. The summed E-state index contributed by atoms with van der Waals surface area (Å²) in [6.45, 7) is 1.76. The molecule has 0 radical (unpaired) electrons. The Morgan fingerprint density at radius 1 is 1.04 bits per heavy atom. The van der Waals surface area contributed by atoms with Crippen LogP contribution in [0, 0.1) is 22.7 Å². The molecule has 0 heterocycles. The number of aliphatic hydroxyl groups excluding tert-OH is 2. The van der Waals surface area contributed by atoms with Gasteiger partial charge in [-0.15, -0.1) is 0 Å². The van der Waals surface area contributed by atoms with Crippen LogP contribution in [0.3, 0.4) is 0 Å². The first-order valence-electron chi connectivity index (χ1n) is 15.4. The topological polar surface area (TPSA) is 215 Å². The van der Waals surface area contributed by atoms with Gasteiger partial charge in [-0.05, 0) is 61.8 Å². The van der Waals surface area contributed by atoms with E-state index in [1.165, 1.54) is 25.2 Å². The third-order valence-corrected chi connectivity index (χ3v) is 10.9. The fraction of sp³-hybridized carbons (Fsp3) is 0.562. The van der Waals surface area contributed by atoms with Crippen molar-refractivity contribution in [3.8, 4) is 0 Å². The smallest absolute Gasteiger partial charge is 0.408 e. The number of aliphatic hydroxyl groups is 3. The molecule has 14 nitrogen and oxygen atoms in total. The van der Waals surface area contributed by atoms with Crippen molar-refractivity contribution in [1.82, 2.24) is 16.0 Å². The molecule has 2 amide bonds. The number of alkyl halides is 1. The van der Waals surface area contributed by atoms with Crippen molar-refractivity contribution in [3.05, 3.63) is 59.2 Å². The van der Waals surface area contributed by atoms with Crippen molar-refractivity contribution in [2.45, 2.75) is 76.2 Å². The monoisotopic (exact) mass is 661 g/mol. The molecule has 1 aromatic rings. The molecule has 0 bridgehead atoms. The molecule has 0 unspecified atom stereocenters. The molecular formula is C32H40FN3O11. The van der Waals surface area contributed by atoms with Crippen LogP contribution in [-0.2, 0) is 37.1 Å². The molecule has 8 atom stereocenters. The zero-order chi connectivity index (χ0) is 34.4. The molecular weight excluding hydrogens is 621 g/mol. The van der Waals surface area contributed by atoms with E-state index in [2.05, 4.69) is 15.5 Å². The number of nitrogens with zero attached hydrogens (tertiary/aromatic N) is 1. The van der Waals surface area contributed by atoms with Crippen LogP contribution in [0.4, 0.5) is 9.18 Å². The summed E-state index contributed by atoms with van der Waals surface area (Å²) in [5, 5.41) is 55.8. The van der Waals surface area contributed by atoms with Gasteiger partial charge in [-0.25, -0.2) is 14.0 Å². The standard InChI is InChI=1S/C32H40FN3O11/c1-29-10-9-21(37)11-20(29)7-8-22-23-12-24(38)32(43,30(23,2)13-25(39)31(22,29)33)26(40)17-46-28(42)35-15-27(41)34-14-18-3-5-19(6-4-18)16-47-36(44)45/h3-6,9-11,22-25,38-39,43-45H,7-8,12-17H2,1-2H3,(H,34,41)(H,35,42)/t22-,23-,24+,25-,29-,30-,31-,32-/m0/s1. The van der Waals surface area contributed by atoms with Crippen LogP contribution < -0.4 is 10.6 Å². The van der Waals surface area contributed by atoms with E-state index < -0.39 is 82.5 Å². The predicted molar refractivity (Wildman–Crippen MR) is 158 cm³/mol. The number of rotatable bonds is 10. The molecule has 3 fully saturated rings. The van der Waals surface area contributed by atoms with Gasteiger partial charge in [0.1, 0.15) is 6.54 Å². The van der Waals surface area contributed by atoms with Gasteiger partial charge < -0.3 is 30.7 Å². The van der Waals surface area contributed by atoms with Crippen molar-refractivity contribution in [1.29, 1.82) is 0 Å². The summed E-state index contributed by atoms with van der Waals surface area (Å²) in [6, 6.07) is 6.65.